The van der Waals surface area contributed by atoms with E-state index in [4.69, 9.17) is 10.8 Å². The Balaban J connectivity index is 1.79. The summed E-state index contributed by atoms with van der Waals surface area (Å²) in [4.78, 5) is 7.29. The van der Waals surface area contributed by atoms with Crippen molar-refractivity contribution in [3.05, 3.63) is 29.3 Å². The van der Waals surface area contributed by atoms with Crippen LogP contribution in [0.1, 0.15) is 31.7 Å². The molecular weight excluding hydrogens is 280 g/mol. The van der Waals surface area contributed by atoms with E-state index in [-0.39, 0.29) is 11.6 Å². The van der Waals surface area contributed by atoms with E-state index in [2.05, 4.69) is 42.4 Å². The van der Waals surface area contributed by atoms with Gasteiger partial charge in [0.25, 0.3) is 0 Å². The van der Waals surface area contributed by atoms with Crippen molar-refractivity contribution in [2.24, 2.45) is 5.84 Å². The second-order valence-corrected chi connectivity index (χ2v) is 7.46. The lowest BCUT2D eigenvalue weighted by Crippen LogP contribution is -2.59. The molecule has 1 fully saturated rings. The van der Waals surface area contributed by atoms with E-state index in [0.717, 1.165) is 16.9 Å². The second kappa shape index (κ2) is 6.01. The summed E-state index contributed by atoms with van der Waals surface area (Å²) in [5.74, 6) is 5.87. The third kappa shape index (κ3) is 2.97. The van der Waals surface area contributed by atoms with Crippen LogP contribution in [0, 0.1) is 0 Å². The summed E-state index contributed by atoms with van der Waals surface area (Å²) in [6, 6.07) is 8.52. The van der Waals surface area contributed by atoms with Gasteiger partial charge in [-0.3, -0.25) is 16.2 Å². The van der Waals surface area contributed by atoms with Crippen molar-refractivity contribution in [3.63, 3.8) is 0 Å². The van der Waals surface area contributed by atoms with Gasteiger partial charge in [0.15, 0.2) is 0 Å². The zero-order valence-corrected chi connectivity index (χ0v) is 13.6. The highest BCUT2D eigenvalue weighted by Crippen LogP contribution is 2.28. The predicted molar refractivity (Wildman–Crippen MR) is 89.3 cm³/mol. The minimum Gasteiger partial charge on any atom is -0.297 e. The summed E-state index contributed by atoms with van der Waals surface area (Å²) in [7, 11) is 0. The molecule has 1 saturated heterocycles. The number of nitrogens with one attached hydrogen (secondary N) is 1. The Morgan fingerprint density at radius 2 is 2.05 bits per heavy atom. The zero-order chi connectivity index (χ0) is 14.9. The van der Waals surface area contributed by atoms with Gasteiger partial charge in [-0.15, -0.1) is 11.3 Å². The molecule has 2 heterocycles. The van der Waals surface area contributed by atoms with E-state index in [0.29, 0.717) is 0 Å². The highest BCUT2D eigenvalue weighted by molar-refractivity contribution is 7.18. The molecule has 4 nitrogen and oxygen atoms in total. The molecule has 1 aliphatic rings. The average molecular weight is 304 g/mol. The fourth-order valence-corrected chi connectivity index (χ4v) is 4.22. The fraction of sp³-hybridized carbons (Fsp3) is 0.562. The van der Waals surface area contributed by atoms with Gasteiger partial charge in [0, 0.05) is 18.0 Å². The van der Waals surface area contributed by atoms with Crippen molar-refractivity contribution < 1.29 is 0 Å². The molecule has 21 heavy (non-hydrogen) atoms. The topological polar surface area (TPSA) is 54.2 Å². The molecule has 1 aromatic carbocycles. The third-order valence-electron chi connectivity index (χ3n) is 4.69. The minimum absolute atomic E-state index is 0.0447. The molecule has 0 bridgehead atoms. The maximum atomic E-state index is 5.87. The Morgan fingerprint density at radius 1 is 1.33 bits per heavy atom. The largest absolute Gasteiger partial charge is 0.297 e. The number of para-hydroxylation sites is 1. The first kappa shape index (κ1) is 14.9. The number of hydrazine groups is 1. The first-order chi connectivity index (χ1) is 10.1. The minimum atomic E-state index is 0.0447. The number of nitrogens with two attached hydrogens (primary N) is 1. The molecule has 0 saturated carbocycles. The summed E-state index contributed by atoms with van der Waals surface area (Å²) in [6.45, 7) is 6.92. The molecule has 1 atom stereocenters. The Hall–Kier alpha value is -1.01. The SMILES string of the molecule is CC(C)(C(Cc1nc2ccccc2s1)NN)N1CCCC1. The number of aromatic nitrogens is 1. The number of hydrogen-bond donors (Lipinski definition) is 2. The third-order valence-corrected chi connectivity index (χ3v) is 5.75. The van der Waals surface area contributed by atoms with Crippen LogP contribution in [0.4, 0.5) is 0 Å². The maximum Gasteiger partial charge on any atom is 0.0955 e. The van der Waals surface area contributed by atoms with Crippen molar-refractivity contribution in [2.75, 3.05) is 13.1 Å². The summed E-state index contributed by atoms with van der Waals surface area (Å²) >= 11 is 1.77. The van der Waals surface area contributed by atoms with Gasteiger partial charge >= 0.3 is 0 Å². The van der Waals surface area contributed by atoms with Crippen molar-refractivity contribution in [3.8, 4) is 0 Å². The zero-order valence-electron chi connectivity index (χ0n) is 12.8. The molecular formula is C16H24N4S. The normalized spacial score (nSPS) is 18.4. The van der Waals surface area contributed by atoms with Gasteiger partial charge in [-0.25, -0.2) is 4.98 Å². The smallest absolute Gasteiger partial charge is 0.0955 e. The Labute approximate surface area is 130 Å². The van der Waals surface area contributed by atoms with Crippen LogP contribution >= 0.6 is 11.3 Å². The monoisotopic (exact) mass is 304 g/mol. The molecule has 3 rings (SSSR count). The lowest BCUT2D eigenvalue weighted by atomic mass is 9.91. The van der Waals surface area contributed by atoms with Crippen LogP contribution in [0.3, 0.4) is 0 Å². The van der Waals surface area contributed by atoms with Crippen LogP contribution in [-0.2, 0) is 6.42 Å². The fourth-order valence-electron chi connectivity index (χ4n) is 3.21. The molecule has 114 valence electrons. The van der Waals surface area contributed by atoms with Crippen LogP contribution in [0.2, 0.25) is 0 Å². The number of rotatable bonds is 5. The van der Waals surface area contributed by atoms with E-state index in [1.54, 1.807) is 11.3 Å². The van der Waals surface area contributed by atoms with Gasteiger partial charge in [-0.05, 0) is 51.9 Å². The molecule has 1 unspecified atom stereocenters. The van der Waals surface area contributed by atoms with Gasteiger partial charge in [0.05, 0.1) is 15.2 Å². The molecule has 0 aliphatic carbocycles. The number of fused-ring (bicyclic) bond motifs is 1. The van der Waals surface area contributed by atoms with Crippen LogP contribution in [0.5, 0.6) is 0 Å². The van der Waals surface area contributed by atoms with Gasteiger partial charge in [0.1, 0.15) is 0 Å². The van der Waals surface area contributed by atoms with E-state index in [1.165, 1.54) is 30.6 Å². The van der Waals surface area contributed by atoms with Crippen molar-refractivity contribution in [1.82, 2.24) is 15.3 Å². The van der Waals surface area contributed by atoms with Gasteiger partial charge in [-0.1, -0.05) is 12.1 Å². The Bertz CT molecular complexity index is 568. The number of benzene rings is 1. The molecule has 1 aliphatic heterocycles. The van der Waals surface area contributed by atoms with Gasteiger partial charge in [0.2, 0.25) is 0 Å². The summed E-state index contributed by atoms with van der Waals surface area (Å²) in [6.07, 6.45) is 3.46. The number of nitrogens with zero attached hydrogens (tertiary/aromatic N) is 2. The number of thiazole rings is 1. The predicted octanol–water partition coefficient (Wildman–Crippen LogP) is 2.55. The number of hydrogen-bond acceptors (Lipinski definition) is 5. The quantitative estimate of drug-likeness (QED) is 0.658. The van der Waals surface area contributed by atoms with Crippen LogP contribution in [0.25, 0.3) is 10.2 Å². The van der Waals surface area contributed by atoms with E-state index in [1.807, 2.05) is 6.07 Å². The lowest BCUT2D eigenvalue weighted by Gasteiger charge is -2.41. The van der Waals surface area contributed by atoms with E-state index >= 15 is 0 Å². The van der Waals surface area contributed by atoms with Crippen LogP contribution < -0.4 is 11.3 Å². The molecule has 2 aromatic rings. The van der Waals surface area contributed by atoms with Crippen LogP contribution in [-0.4, -0.2) is 34.6 Å². The summed E-state index contributed by atoms with van der Waals surface area (Å²) in [5, 5.41) is 1.16. The highest BCUT2D eigenvalue weighted by atomic mass is 32.1. The van der Waals surface area contributed by atoms with Crippen LogP contribution in [0.15, 0.2) is 24.3 Å². The molecule has 0 spiro atoms. The standard InChI is InChI=1S/C16H24N4S/c1-16(2,20-9-5-6-10-20)14(19-17)11-15-18-12-7-3-4-8-13(12)21-15/h3-4,7-8,14,19H,5-6,9-11,17H2,1-2H3. The Morgan fingerprint density at radius 3 is 2.71 bits per heavy atom. The first-order valence-corrected chi connectivity index (χ1v) is 8.48. The van der Waals surface area contributed by atoms with Crippen molar-refractivity contribution >= 4 is 21.6 Å². The molecule has 5 heteroatoms. The molecule has 1 aromatic heterocycles. The van der Waals surface area contributed by atoms with E-state index < -0.39 is 0 Å². The maximum absolute atomic E-state index is 5.87. The number of likely N-dealkylation sites (tertiary alicyclic amines) is 1. The second-order valence-electron chi connectivity index (χ2n) is 6.35. The van der Waals surface area contributed by atoms with Gasteiger partial charge < -0.3 is 0 Å². The summed E-state index contributed by atoms with van der Waals surface area (Å²) < 4.78 is 1.25. The average Bonchev–Trinajstić information content (AvgIpc) is 3.13. The summed E-state index contributed by atoms with van der Waals surface area (Å²) in [5.41, 5.74) is 4.17. The molecule has 0 radical (unpaired) electrons. The first-order valence-electron chi connectivity index (χ1n) is 7.67. The Kier molecular flexibility index (Phi) is 4.26. The van der Waals surface area contributed by atoms with Gasteiger partial charge in [-0.2, -0.15) is 0 Å². The van der Waals surface area contributed by atoms with Crippen molar-refractivity contribution in [1.29, 1.82) is 0 Å². The lowest BCUT2D eigenvalue weighted by molar-refractivity contribution is 0.106. The highest BCUT2D eigenvalue weighted by Gasteiger charge is 2.36. The molecule has 3 N–H and O–H groups in total. The van der Waals surface area contributed by atoms with E-state index in [9.17, 15) is 0 Å². The van der Waals surface area contributed by atoms with Crippen molar-refractivity contribution in [2.45, 2.75) is 44.7 Å². The molecule has 0 amide bonds.